The largest absolute Gasteiger partial charge is 0.345 e. The van der Waals surface area contributed by atoms with E-state index in [4.69, 9.17) is 0 Å². The molecule has 0 N–H and O–H groups in total. The van der Waals surface area contributed by atoms with E-state index in [0.29, 0.717) is 11.1 Å². The van der Waals surface area contributed by atoms with Crippen molar-refractivity contribution < 1.29 is 4.79 Å². The number of carbonyl (C=O) groups excluding carboxylic acids is 1. The van der Waals surface area contributed by atoms with Gasteiger partial charge in [-0.25, -0.2) is 9.97 Å². The van der Waals surface area contributed by atoms with E-state index < -0.39 is 0 Å². The zero-order valence-corrected chi connectivity index (χ0v) is 10.8. The standard InChI is InChI=1S/C15H13N3O/c1-18(2)15(19)10-6-5-9-13-14(10)17-12-8-4-3-7-11(12)16-13/h3-9H,1-2H3. The monoisotopic (exact) mass is 251 g/mol. The van der Waals surface area contributed by atoms with E-state index in [1.54, 1.807) is 25.1 Å². The Morgan fingerprint density at radius 2 is 1.53 bits per heavy atom. The zero-order chi connectivity index (χ0) is 13.4. The highest BCUT2D eigenvalue weighted by Gasteiger charge is 2.14. The Labute approximate surface area is 110 Å². The van der Waals surface area contributed by atoms with Crippen LogP contribution in [0.3, 0.4) is 0 Å². The lowest BCUT2D eigenvalue weighted by molar-refractivity contribution is 0.0829. The van der Waals surface area contributed by atoms with E-state index in [9.17, 15) is 4.79 Å². The molecule has 3 rings (SSSR count). The van der Waals surface area contributed by atoms with Gasteiger partial charge >= 0.3 is 0 Å². The van der Waals surface area contributed by atoms with E-state index >= 15 is 0 Å². The molecule has 1 amide bonds. The summed E-state index contributed by atoms with van der Waals surface area (Å²) in [7, 11) is 3.46. The summed E-state index contributed by atoms with van der Waals surface area (Å²) in [5.74, 6) is -0.0600. The Morgan fingerprint density at radius 1 is 0.895 bits per heavy atom. The van der Waals surface area contributed by atoms with Gasteiger partial charge in [0.2, 0.25) is 0 Å². The van der Waals surface area contributed by atoms with Crippen LogP contribution in [-0.2, 0) is 0 Å². The van der Waals surface area contributed by atoms with Crippen molar-refractivity contribution in [1.29, 1.82) is 0 Å². The number of nitrogens with zero attached hydrogens (tertiary/aromatic N) is 3. The van der Waals surface area contributed by atoms with Crippen LogP contribution < -0.4 is 0 Å². The zero-order valence-electron chi connectivity index (χ0n) is 10.8. The fourth-order valence-electron chi connectivity index (χ4n) is 2.06. The molecule has 19 heavy (non-hydrogen) atoms. The second kappa shape index (κ2) is 4.31. The molecule has 0 radical (unpaired) electrons. The Bertz CT molecular complexity index is 781. The van der Waals surface area contributed by atoms with Crippen molar-refractivity contribution in [2.24, 2.45) is 0 Å². The number of aromatic nitrogens is 2. The van der Waals surface area contributed by atoms with Gasteiger partial charge in [-0.05, 0) is 24.3 Å². The summed E-state index contributed by atoms with van der Waals surface area (Å²) < 4.78 is 0. The average Bonchev–Trinajstić information content (AvgIpc) is 2.43. The molecule has 1 heterocycles. The smallest absolute Gasteiger partial charge is 0.255 e. The van der Waals surface area contributed by atoms with E-state index in [2.05, 4.69) is 9.97 Å². The minimum atomic E-state index is -0.0600. The maximum Gasteiger partial charge on any atom is 0.255 e. The van der Waals surface area contributed by atoms with Gasteiger partial charge in [-0.3, -0.25) is 4.79 Å². The molecule has 4 nitrogen and oxygen atoms in total. The minimum Gasteiger partial charge on any atom is -0.345 e. The second-order valence-corrected chi connectivity index (χ2v) is 4.59. The van der Waals surface area contributed by atoms with Gasteiger partial charge in [-0.1, -0.05) is 18.2 Å². The highest BCUT2D eigenvalue weighted by Crippen LogP contribution is 2.19. The molecule has 4 heteroatoms. The lowest BCUT2D eigenvalue weighted by Gasteiger charge is -2.11. The highest BCUT2D eigenvalue weighted by atomic mass is 16.2. The van der Waals surface area contributed by atoms with Gasteiger partial charge in [-0.2, -0.15) is 0 Å². The lowest BCUT2D eigenvalue weighted by atomic mass is 10.1. The quantitative estimate of drug-likeness (QED) is 0.624. The third-order valence-corrected chi connectivity index (χ3v) is 3.01. The Morgan fingerprint density at radius 3 is 2.21 bits per heavy atom. The van der Waals surface area contributed by atoms with Crippen molar-refractivity contribution in [3.05, 3.63) is 48.0 Å². The van der Waals surface area contributed by atoms with Crippen LogP contribution >= 0.6 is 0 Å². The molecule has 3 aromatic rings. The van der Waals surface area contributed by atoms with Crippen molar-refractivity contribution >= 4 is 28.0 Å². The number of amides is 1. The molecule has 0 saturated carbocycles. The van der Waals surface area contributed by atoms with Crippen LogP contribution in [-0.4, -0.2) is 34.9 Å². The molecule has 94 valence electrons. The number of fused-ring (bicyclic) bond motifs is 2. The highest BCUT2D eigenvalue weighted by molar-refractivity contribution is 6.05. The first-order valence-electron chi connectivity index (χ1n) is 6.04. The number of hydrogen-bond donors (Lipinski definition) is 0. The predicted molar refractivity (Wildman–Crippen MR) is 75.1 cm³/mol. The molecule has 1 aromatic heterocycles. The van der Waals surface area contributed by atoms with Crippen LogP contribution in [0.2, 0.25) is 0 Å². The van der Waals surface area contributed by atoms with Crippen molar-refractivity contribution in [1.82, 2.24) is 14.9 Å². The number of carbonyl (C=O) groups is 1. The first kappa shape index (κ1) is 11.6. The topological polar surface area (TPSA) is 46.1 Å². The maximum atomic E-state index is 12.2. The lowest BCUT2D eigenvalue weighted by Crippen LogP contribution is -2.22. The summed E-state index contributed by atoms with van der Waals surface area (Å²) in [6, 6.07) is 13.2. The SMILES string of the molecule is CN(C)C(=O)c1cccc2nc3ccccc3nc12. The van der Waals surface area contributed by atoms with Crippen LogP contribution in [0.5, 0.6) is 0 Å². The van der Waals surface area contributed by atoms with Crippen molar-refractivity contribution in [2.75, 3.05) is 14.1 Å². The number of rotatable bonds is 1. The third-order valence-electron chi connectivity index (χ3n) is 3.01. The van der Waals surface area contributed by atoms with Gasteiger partial charge in [0.15, 0.2) is 0 Å². The predicted octanol–water partition coefficient (Wildman–Crippen LogP) is 2.48. The Kier molecular flexibility index (Phi) is 2.63. The molecule has 0 bridgehead atoms. The first-order valence-corrected chi connectivity index (χ1v) is 6.04. The molecule has 2 aromatic carbocycles. The fourth-order valence-corrected chi connectivity index (χ4v) is 2.06. The molecule has 0 spiro atoms. The molecular formula is C15H13N3O. The van der Waals surface area contributed by atoms with Crippen molar-refractivity contribution in [3.63, 3.8) is 0 Å². The first-order chi connectivity index (χ1) is 9.16. The van der Waals surface area contributed by atoms with Gasteiger partial charge in [0, 0.05) is 14.1 Å². The van der Waals surface area contributed by atoms with E-state index in [-0.39, 0.29) is 5.91 Å². The normalized spacial score (nSPS) is 10.8. The molecular weight excluding hydrogens is 238 g/mol. The van der Waals surface area contributed by atoms with Crippen LogP contribution in [0.1, 0.15) is 10.4 Å². The second-order valence-electron chi connectivity index (χ2n) is 4.59. The fraction of sp³-hybridized carbons (Fsp3) is 0.133. The Hall–Kier alpha value is -2.49. The van der Waals surface area contributed by atoms with Gasteiger partial charge < -0.3 is 4.90 Å². The van der Waals surface area contributed by atoms with Gasteiger partial charge in [-0.15, -0.1) is 0 Å². The van der Waals surface area contributed by atoms with Crippen molar-refractivity contribution in [3.8, 4) is 0 Å². The van der Waals surface area contributed by atoms with Gasteiger partial charge in [0.25, 0.3) is 5.91 Å². The number of hydrogen-bond acceptors (Lipinski definition) is 3. The van der Waals surface area contributed by atoms with E-state index in [1.807, 2.05) is 36.4 Å². The summed E-state index contributed by atoms with van der Waals surface area (Å²) in [5.41, 5.74) is 3.62. The summed E-state index contributed by atoms with van der Waals surface area (Å²) in [5, 5.41) is 0. The Balaban J connectivity index is 2.35. The van der Waals surface area contributed by atoms with E-state index in [1.165, 1.54) is 0 Å². The molecule has 0 unspecified atom stereocenters. The summed E-state index contributed by atoms with van der Waals surface area (Å²) in [6.45, 7) is 0. The number of benzene rings is 2. The molecule has 0 fully saturated rings. The minimum absolute atomic E-state index is 0.0600. The van der Waals surface area contributed by atoms with Gasteiger partial charge in [0.05, 0.1) is 22.1 Å². The summed E-state index contributed by atoms with van der Waals surface area (Å²) >= 11 is 0. The van der Waals surface area contributed by atoms with E-state index in [0.717, 1.165) is 16.6 Å². The third kappa shape index (κ3) is 1.91. The van der Waals surface area contributed by atoms with Crippen LogP contribution in [0.25, 0.3) is 22.1 Å². The van der Waals surface area contributed by atoms with Crippen LogP contribution in [0, 0.1) is 0 Å². The summed E-state index contributed by atoms with van der Waals surface area (Å²) in [4.78, 5) is 22.8. The number of para-hydroxylation sites is 3. The average molecular weight is 251 g/mol. The molecule has 0 atom stereocenters. The van der Waals surface area contributed by atoms with Gasteiger partial charge in [0.1, 0.15) is 5.52 Å². The van der Waals surface area contributed by atoms with Crippen molar-refractivity contribution in [2.45, 2.75) is 0 Å². The van der Waals surface area contributed by atoms with Crippen LogP contribution in [0.4, 0.5) is 0 Å². The molecule has 0 aliphatic carbocycles. The maximum absolute atomic E-state index is 12.2. The molecule has 0 aliphatic heterocycles. The molecule has 0 saturated heterocycles. The molecule has 0 aliphatic rings. The summed E-state index contributed by atoms with van der Waals surface area (Å²) in [6.07, 6.45) is 0. The van der Waals surface area contributed by atoms with Crippen LogP contribution in [0.15, 0.2) is 42.5 Å².